The molecule has 0 unspecified atom stereocenters. The highest BCUT2D eigenvalue weighted by atomic mass is 79.9. The number of aliphatic hydroxyl groups is 1. The number of allylic oxidation sites excluding steroid dienone is 4. The predicted octanol–water partition coefficient (Wildman–Crippen LogP) is 4.46. The summed E-state index contributed by atoms with van der Waals surface area (Å²) in [6.07, 6.45) is -3.52. The molecule has 0 atom stereocenters. The van der Waals surface area contributed by atoms with Gasteiger partial charge in [-0.1, -0.05) is 5.57 Å². The van der Waals surface area contributed by atoms with Gasteiger partial charge in [0.1, 0.15) is 5.76 Å². The number of alkyl halides is 3. The lowest BCUT2D eigenvalue weighted by molar-refractivity contribution is -0.133. The quantitative estimate of drug-likeness (QED) is 0.594. The Hall–Kier alpha value is -0.450. The van der Waals surface area contributed by atoms with Gasteiger partial charge in [-0.3, -0.25) is 0 Å². The summed E-state index contributed by atoms with van der Waals surface area (Å²) in [6.45, 7) is 3.05. The van der Waals surface area contributed by atoms with E-state index in [4.69, 9.17) is 5.11 Å². The molecule has 0 aliphatic rings. The average molecular weight is 273 g/mol. The number of hydrogen-bond donors (Lipinski definition) is 1. The van der Waals surface area contributed by atoms with E-state index >= 15 is 0 Å². The first kappa shape index (κ1) is 13.5. The van der Waals surface area contributed by atoms with Crippen LogP contribution in [0, 0.1) is 0 Å². The Morgan fingerprint density at radius 1 is 1.36 bits per heavy atom. The van der Waals surface area contributed by atoms with Crippen molar-refractivity contribution in [3.63, 3.8) is 0 Å². The zero-order valence-corrected chi connectivity index (χ0v) is 9.54. The molecule has 0 aromatic carbocycles. The van der Waals surface area contributed by atoms with Crippen LogP contribution in [0.5, 0.6) is 0 Å². The normalized spacial score (nSPS) is 15.4. The summed E-state index contributed by atoms with van der Waals surface area (Å²) in [6, 6.07) is 0. The van der Waals surface area contributed by atoms with Gasteiger partial charge in [0.2, 0.25) is 0 Å². The maximum atomic E-state index is 11.8. The van der Waals surface area contributed by atoms with Crippen molar-refractivity contribution in [3.8, 4) is 0 Å². The molecule has 1 N–H and O–H groups in total. The molecule has 0 aliphatic carbocycles. The zero-order chi connectivity index (χ0) is 11.4. The molecule has 5 heteroatoms. The fourth-order valence-corrected chi connectivity index (χ4v) is 1.12. The molecule has 0 saturated carbocycles. The molecular formula is C9H12BrF3O. The fraction of sp³-hybridized carbons (Fsp3) is 0.556. The highest BCUT2D eigenvalue weighted by molar-refractivity contribution is 9.11. The Bertz CT molecular complexity index is 249. The Kier molecular flexibility index (Phi) is 5.26. The lowest BCUT2D eigenvalue weighted by Crippen LogP contribution is -2.06. The summed E-state index contributed by atoms with van der Waals surface area (Å²) in [5.41, 5.74) is 0.572. The third kappa shape index (κ3) is 7.00. The van der Waals surface area contributed by atoms with E-state index < -0.39 is 12.6 Å². The second kappa shape index (κ2) is 5.44. The molecule has 0 heterocycles. The van der Waals surface area contributed by atoms with Gasteiger partial charge in [0.05, 0.1) is 4.48 Å². The maximum Gasteiger partial charge on any atom is 0.389 e. The minimum absolute atomic E-state index is 0.0497. The van der Waals surface area contributed by atoms with E-state index in [-0.39, 0.29) is 12.2 Å². The van der Waals surface area contributed by atoms with Crippen LogP contribution in [0.2, 0.25) is 0 Å². The molecule has 0 saturated heterocycles. The second-order valence-corrected chi connectivity index (χ2v) is 3.89. The molecule has 0 amide bonds. The average Bonchev–Trinajstić information content (AvgIpc) is 1.99. The fourth-order valence-electron chi connectivity index (χ4n) is 0.732. The van der Waals surface area contributed by atoms with E-state index in [1.165, 1.54) is 13.0 Å². The molecule has 0 fully saturated rings. The van der Waals surface area contributed by atoms with Gasteiger partial charge in [-0.2, -0.15) is 13.2 Å². The first-order valence-corrected chi connectivity index (χ1v) is 4.81. The molecule has 0 bridgehead atoms. The largest absolute Gasteiger partial charge is 0.511 e. The molecule has 14 heavy (non-hydrogen) atoms. The van der Waals surface area contributed by atoms with Gasteiger partial charge in [-0.15, -0.1) is 0 Å². The number of hydrogen-bond acceptors (Lipinski definition) is 1. The molecule has 0 spiro atoms. The summed E-state index contributed by atoms with van der Waals surface area (Å²) >= 11 is 3.04. The predicted molar refractivity (Wildman–Crippen MR) is 53.3 cm³/mol. The van der Waals surface area contributed by atoms with Gasteiger partial charge in [-0.05, 0) is 42.3 Å². The lowest BCUT2D eigenvalue weighted by Gasteiger charge is -2.05. The van der Waals surface area contributed by atoms with Crippen molar-refractivity contribution in [2.45, 2.75) is 32.9 Å². The van der Waals surface area contributed by atoms with Crippen LogP contribution in [-0.2, 0) is 0 Å². The highest BCUT2D eigenvalue weighted by Crippen LogP contribution is 2.25. The molecule has 82 valence electrons. The van der Waals surface area contributed by atoms with Crippen LogP contribution < -0.4 is 0 Å². The third-order valence-electron chi connectivity index (χ3n) is 1.52. The van der Waals surface area contributed by atoms with E-state index in [9.17, 15) is 13.2 Å². The van der Waals surface area contributed by atoms with Crippen LogP contribution >= 0.6 is 15.9 Å². The molecule has 0 aromatic rings. The van der Waals surface area contributed by atoms with Gasteiger partial charge in [0.15, 0.2) is 0 Å². The zero-order valence-electron chi connectivity index (χ0n) is 7.95. The van der Waals surface area contributed by atoms with Gasteiger partial charge >= 0.3 is 6.18 Å². The summed E-state index contributed by atoms with van der Waals surface area (Å²) in [4.78, 5) is 0. The van der Waals surface area contributed by atoms with Crippen LogP contribution in [0.4, 0.5) is 13.2 Å². The summed E-state index contributed by atoms with van der Waals surface area (Å²) in [7, 11) is 0. The lowest BCUT2D eigenvalue weighted by atomic mass is 10.1. The summed E-state index contributed by atoms with van der Waals surface area (Å²) in [5.74, 6) is 0.0522. The van der Waals surface area contributed by atoms with E-state index in [1.807, 2.05) is 0 Å². The van der Waals surface area contributed by atoms with Crippen LogP contribution in [0.3, 0.4) is 0 Å². The van der Waals surface area contributed by atoms with Crippen LogP contribution in [0.25, 0.3) is 0 Å². The van der Waals surface area contributed by atoms with Crippen molar-refractivity contribution >= 4 is 15.9 Å². The topological polar surface area (TPSA) is 20.2 Å². The van der Waals surface area contributed by atoms with Crippen LogP contribution in [0.15, 0.2) is 21.9 Å². The molecule has 0 aromatic heterocycles. The minimum Gasteiger partial charge on any atom is -0.511 e. The van der Waals surface area contributed by atoms with Gasteiger partial charge in [0, 0.05) is 6.42 Å². The van der Waals surface area contributed by atoms with Gasteiger partial charge < -0.3 is 5.11 Å². The van der Waals surface area contributed by atoms with Crippen molar-refractivity contribution in [3.05, 3.63) is 21.9 Å². The first-order valence-electron chi connectivity index (χ1n) is 4.01. The summed E-state index contributed by atoms with van der Waals surface area (Å²) < 4.78 is 35.8. The molecule has 0 rings (SSSR count). The molecule has 0 aliphatic heterocycles. The Balaban J connectivity index is 4.23. The van der Waals surface area contributed by atoms with Crippen LogP contribution in [0.1, 0.15) is 26.7 Å². The second-order valence-electron chi connectivity index (χ2n) is 3.04. The van der Waals surface area contributed by atoms with Crippen molar-refractivity contribution in [1.29, 1.82) is 0 Å². The number of halogens is 4. The van der Waals surface area contributed by atoms with E-state index in [2.05, 4.69) is 15.9 Å². The Morgan fingerprint density at radius 3 is 2.21 bits per heavy atom. The standard InChI is InChI=1S/C9H12BrF3O/c1-6(3-4-9(11,12)13)5-8(10)7(2)14/h5,14H,3-4H2,1-2H3/b6-5?,8-7-. The molecular weight excluding hydrogens is 261 g/mol. The monoisotopic (exact) mass is 272 g/mol. The van der Waals surface area contributed by atoms with Crippen molar-refractivity contribution in [1.82, 2.24) is 0 Å². The summed E-state index contributed by atoms with van der Waals surface area (Å²) in [5, 5.41) is 8.96. The Labute approximate surface area is 89.4 Å². The van der Waals surface area contributed by atoms with Crippen molar-refractivity contribution < 1.29 is 18.3 Å². The van der Waals surface area contributed by atoms with Crippen molar-refractivity contribution in [2.75, 3.05) is 0 Å². The SMILES string of the molecule is CC(=C/C(Br)=C(\C)O)CCC(F)(F)F. The van der Waals surface area contributed by atoms with Gasteiger partial charge in [-0.25, -0.2) is 0 Å². The van der Waals surface area contributed by atoms with Crippen LogP contribution in [-0.4, -0.2) is 11.3 Å². The van der Waals surface area contributed by atoms with E-state index in [0.29, 0.717) is 10.1 Å². The van der Waals surface area contributed by atoms with E-state index in [1.54, 1.807) is 6.92 Å². The van der Waals surface area contributed by atoms with Gasteiger partial charge in [0.25, 0.3) is 0 Å². The first-order chi connectivity index (χ1) is 6.22. The molecule has 0 radical (unpaired) electrons. The number of rotatable bonds is 3. The highest BCUT2D eigenvalue weighted by Gasteiger charge is 2.26. The van der Waals surface area contributed by atoms with Crippen molar-refractivity contribution in [2.24, 2.45) is 0 Å². The number of aliphatic hydroxyl groups excluding tert-OH is 1. The maximum absolute atomic E-state index is 11.8. The molecule has 1 nitrogen and oxygen atoms in total. The third-order valence-corrected chi connectivity index (χ3v) is 2.32. The Morgan fingerprint density at radius 2 is 1.86 bits per heavy atom. The van der Waals surface area contributed by atoms with E-state index in [0.717, 1.165) is 0 Å². The smallest absolute Gasteiger partial charge is 0.389 e. The minimum atomic E-state index is -4.13.